The molecule has 3 N–H and O–H groups in total. The van der Waals surface area contributed by atoms with Gasteiger partial charge in [-0.15, -0.1) is 0 Å². The van der Waals surface area contributed by atoms with Crippen molar-refractivity contribution >= 4 is 11.6 Å². The SMILES string of the molecule is COC(OC)C(Cc1ccncc1Cl)NN. The molecule has 1 atom stereocenters. The van der Waals surface area contributed by atoms with E-state index in [1.165, 1.54) is 0 Å². The van der Waals surface area contributed by atoms with Crippen molar-refractivity contribution in [1.29, 1.82) is 0 Å². The van der Waals surface area contributed by atoms with Crippen LogP contribution in [0.15, 0.2) is 18.5 Å². The topological polar surface area (TPSA) is 69.4 Å². The Balaban J connectivity index is 2.73. The molecule has 0 aliphatic rings. The fourth-order valence-corrected chi connectivity index (χ4v) is 1.66. The molecule has 1 unspecified atom stereocenters. The van der Waals surface area contributed by atoms with Gasteiger partial charge in [-0.3, -0.25) is 16.3 Å². The molecule has 90 valence electrons. The van der Waals surface area contributed by atoms with Crippen molar-refractivity contribution in [3.8, 4) is 0 Å². The molecule has 16 heavy (non-hydrogen) atoms. The lowest BCUT2D eigenvalue weighted by Crippen LogP contribution is -2.47. The van der Waals surface area contributed by atoms with Crippen molar-refractivity contribution in [2.45, 2.75) is 18.8 Å². The van der Waals surface area contributed by atoms with Gasteiger partial charge in [-0.25, -0.2) is 0 Å². The number of pyridine rings is 1. The quantitative estimate of drug-likeness (QED) is 0.439. The molecule has 1 rings (SSSR count). The molecule has 0 aliphatic heterocycles. The second-order valence-electron chi connectivity index (χ2n) is 3.28. The van der Waals surface area contributed by atoms with Crippen molar-refractivity contribution in [1.82, 2.24) is 10.4 Å². The number of methoxy groups -OCH3 is 2. The van der Waals surface area contributed by atoms with Crippen LogP contribution in [-0.2, 0) is 15.9 Å². The molecular formula is C10H16ClN3O2. The Labute approximate surface area is 99.9 Å². The number of hydrazine groups is 1. The predicted octanol–water partition coefficient (Wildman–Crippen LogP) is 0.728. The number of ether oxygens (including phenoxy) is 2. The molecular weight excluding hydrogens is 230 g/mol. The first-order chi connectivity index (χ1) is 7.72. The standard InChI is InChI=1S/C10H16ClN3O2/c1-15-10(16-2)9(14-12)5-7-3-4-13-6-8(7)11/h3-4,6,9-10,14H,5,12H2,1-2H3. The first kappa shape index (κ1) is 13.3. The molecule has 6 heteroatoms. The minimum absolute atomic E-state index is 0.171. The second kappa shape index (κ2) is 6.78. The number of nitrogens with two attached hydrogens (primary N) is 1. The van der Waals surface area contributed by atoms with Crippen molar-refractivity contribution in [2.75, 3.05) is 14.2 Å². The van der Waals surface area contributed by atoms with Crippen LogP contribution in [0, 0.1) is 0 Å². The minimum Gasteiger partial charge on any atom is -0.354 e. The molecule has 0 amide bonds. The maximum Gasteiger partial charge on any atom is 0.173 e. The van der Waals surface area contributed by atoms with E-state index < -0.39 is 6.29 Å². The summed E-state index contributed by atoms with van der Waals surface area (Å²) < 4.78 is 10.3. The molecule has 5 nitrogen and oxygen atoms in total. The van der Waals surface area contributed by atoms with Crippen molar-refractivity contribution < 1.29 is 9.47 Å². The van der Waals surface area contributed by atoms with E-state index in [-0.39, 0.29) is 6.04 Å². The van der Waals surface area contributed by atoms with E-state index in [9.17, 15) is 0 Å². The van der Waals surface area contributed by atoms with Gasteiger partial charge in [0.05, 0.1) is 11.1 Å². The Morgan fingerprint density at radius 2 is 2.19 bits per heavy atom. The molecule has 0 aromatic carbocycles. The maximum absolute atomic E-state index is 6.00. The van der Waals surface area contributed by atoms with Gasteiger partial charge in [-0.1, -0.05) is 11.6 Å². The Kier molecular flexibility index (Phi) is 5.65. The summed E-state index contributed by atoms with van der Waals surface area (Å²) in [7, 11) is 3.12. The summed E-state index contributed by atoms with van der Waals surface area (Å²) in [4.78, 5) is 3.92. The number of halogens is 1. The lowest BCUT2D eigenvalue weighted by atomic mass is 10.1. The summed E-state index contributed by atoms with van der Waals surface area (Å²) in [6.45, 7) is 0. The van der Waals surface area contributed by atoms with Crippen LogP contribution in [-0.4, -0.2) is 31.5 Å². The highest BCUT2D eigenvalue weighted by atomic mass is 35.5. The number of aromatic nitrogens is 1. The Morgan fingerprint density at radius 3 is 2.69 bits per heavy atom. The van der Waals surface area contributed by atoms with Crippen LogP contribution in [0.25, 0.3) is 0 Å². The van der Waals surface area contributed by atoms with Crippen LogP contribution in [0.3, 0.4) is 0 Å². The van der Waals surface area contributed by atoms with Crippen LogP contribution < -0.4 is 11.3 Å². The molecule has 1 aromatic rings. The van der Waals surface area contributed by atoms with E-state index in [0.717, 1.165) is 5.56 Å². The summed E-state index contributed by atoms with van der Waals surface area (Å²) in [5.41, 5.74) is 3.59. The minimum atomic E-state index is -0.422. The van der Waals surface area contributed by atoms with Gasteiger partial charge in [-0.05, 0) is 18.1 Å². The Morgan fingerprint density at radius 1 is 1.50 bits per heavy atom. The van der Waals surface area contributed by atoms with Gasteiger partial charge >= 0.3 is 0 Å². The first-order valence-corrected chi connectivity index (χ1v) is 5.20. The van der Waals surface area contributed by atoms with Crippen LogP contribution in [0.1, 0.15) is 5.56 Å². The van der Waals surface area contributed by atoms with Gasteiger partial charge in [0.1, 0.15) is 0 Å². The lowest BCUT2D eigenvalue weighted by molar-refractivity contribution is -0.122. The smallest absolute Gasteiger partial charge is 0.173 e. The van der Waals surface area contributed by atoms with E-state index >= 15 is 0 Å². The average molecular weight is 246 g/mol. The zero-order chi connectivity index (χ0) is 12.0. The number of nitrogens with one attached hydrogen (secondary N) is 1. The largest absolute Gasteiger partial charge is 0.354 e. The summed E-state index contributed by atoms with van der Waals surface area (Å²) >= 11 is 6.00. The molecule has 0 saturated carbocycles. The van der Waals surface area contributed by atoms with Gasteiger partial charge in [-0.2, -0.15) is 0 Å². The third-order valence-corrected chi connectivity index (χ3v) is 2.64. The number of rotatable bonds is 6. The molecule has 0 radical (unpaired) electrons. The van der Waals surface area contributed by atoms with Gasteiger partial charge in [0.15, 0.2) is 6.29 Å². The molecule has 0 saturated heterocycles. The van der Waals surface area contributed by atoms with Crippen LogP contribution in [0.4, 0.5) is 0 Å². The van der Waals surface area contributed by atoms with Gasteiger partial charge < -0.3 is 9.47 Å². The molecule has 0 fully saturated rings. The molecule has 1 heterocycles. The van der Waals surface area contributed by atoms with E-state index in [1.54, 1.807) is 26.6 Å². The summed E-state index contributed by atoms with van der Waals surface area (Å²) in [6.07, 6.45) is 3.46. The summed E-state index contributed by atoms with van der Waals surface area (Å²) in [5, 5.41) is 0.605. The second-order valence-corrected chi connectivity index (χ2v) is 3.69. The lowest BCUT2D eigenvalue weighted by Gasteiger charge is -2.24. The van der Waals surface area contributed by atoms with Crippen LogP contribution in [0.5, 0.6) is 0 Å². The number of hydrogen-bond donors (Lipinski definition) is 2. The third-order valence-electron chi connectivity index (χ3n) is 2.30. The van der Waals surface area contributed by atoms with Crippen LogP contribution in [0.2, 0.25) is 5.02 Å². The highest BCUT2D eigenvalue weighted by Gasteiger charge is 2.20. The highest BCUT2D eigenvalue weighted by Crippen LogP contribution is 2.16. The fourth-order valence-electron chi connectivity index (χ4n) is 1.46. The Hall–Kier alpha value is -0.720. The molecule has 1 aromatic heterocycles. The van der Waals surface area contributed by atoms with Gasteiger partial charge in [0.25, 0.3) is 0 Å². The van der Waals surface area contributed by atoms with Gasteiger partial charge in [0.2, 0.25) is 0 Å². The molecule has 0 spiro atoms. The highest BCUT2D eigenvalue weighted by molar-refractivity contribution is 6.31. The zero-order valence-electron chi connectivity index (χ0n) is 9.31. The molecule has 0 aliphatic carbocycles. The fraction of sp³-hybridized carbons (Fsp3) is 0.500. The Bertz CT molecular complexity index is 321. The monoisotopic (exact) mass is 245 g/mol. The number of hydrogen-bond acceptors (Lipinski definition) is 5. The first-order valence-electron chi connectivity index (χ1n) is 4.83. The van der Waals surface area contributed by atoms with Crippen molar-refractivity contribution in [2.24, 2.45) is 5.84 Å². The van der Waals surface area contributed by atoms with Crippen molar-refractivity contribution in [3.05, 3.63) is 29.0 Å². The van der Waals surface area contributed by atoms with Gasteiger partial charge in [0, 0.05) is 26.6 Å². The maximum atomic E-state index is 6.00. The summed E-state index contributed by atoms with van der Waals surface area (Å²) in [6, 6.07) is 1.67. The normalized spacial score (nSPS) is 13.1. The van der Waals surface area contributed by atoms with E-state index in [4.69, 9.17) is 26.9 Å². The average Bonchev–Trinajstić information content (AvgIpc) is 2.31. The third kappa shape index (κ3) is 3.40. The summed E-state index contributed by atoms with van der Waals surface area (Å²) in [5.74, 6) is 5.45. The number of nitrogens with zero attached hydrogens (tertiary/aromatic N) is 1. The molecule has 0 bridgehead atoms. The zero-order valence-corrected chi connectivity index (χ0v) is 10.1. The predicted molar refractivity (Wildman–Crippen MR) is 61.9 cm³/mol. The van der Waals surface area contributed by atoms with E-state index in [1.807, 2.05) is 6.07 Å². The van der Waals surface area contributed by atoms with E-state index in [0.29, 0.717) is 11.4 Å². The van der Waals surface area contributed by atoms with Crippen molar-refractivity contribution in [3.63, 3.8) is 0 Å². The van der Waals surface area contributed by atoms with Crippen LogP contribution >= 0.6 is 11.6 Å². The van der Waals surface area contributed by atoms with E-state index in [2.05, 4.69) is 10.4 Å².